The van der Waals surface area contributed by atoms with Gasteiger partial charge < -0.3 is 9.64 Å². The van der Waals surface area contributed by atoms with Crippen LogP contribution >= 0.6 is 15.9 Å². The molecule has 0 aromatic heterocycles. The number of halogens is 1. The van der Waals surface area contributed by atoms with Gasteiger partial charge in [0.2, 0.25) is 0 Å². The zero-order valence-corrected chi connectivity index (χ0v) is 14.9. The highest BCUT2D eigenvalue weighted by Gasteiger charge is 2.35. The molecule has 8 heteroatoms. The Morgan fingerprint density at radius 2 is 1.96 bits per heavy atom. The Balaban J connectivity index is 2.02. The van der Waals surface area contributed by atoms with Crippen molar-refractivity contribution in [3.05, 3.63) is 35.9 Å². The lowest BCUT2D eigenvalue weighted by Gasteiger charge is -2.34. The molecule has 1 unspecified atom stereocenters. The number of benzene rings is 1. The Hall–Kier alpha value is -1.41. The Labute approximate surface area is 143 Å². The predicted octanol–water partition coefficient (Wildman–Crippen LogP) is 1.78. The molecule has 0 bridgehead atoms. The van der Waals surface area contributed by atoms with Crippen molar-refractivity contribution in [1.82, 2.24) is 4.90 Å². The largest absolute Gasteiger partial charge is 0.445 e. The third kappa shape index (κ3) is 5.31. The molecule has 1 aromatic rings. The molecular weight excluding hydrogens is 386 g/mol. The summed E-state index contributed by atoms with van der Waals surface area (Å²) in [4.78, 5) is 25.2. The Morgan fingerprint density at radius 1 is 1.26 bits per heavy atom. The van der Waals surface area contributed by atoms with Crippen LogP contribution in [0.3, 0.4) is 0 Å². The molecule has 0 spiro atoms. The number of carbonyl (C=O) groups excluding carboxylic acids is 2. The third-order valence-corrected chi connectivity index (χ3v) is 5.90. The minimum Gasteiger partial charge on any atom is -0.445 e. The molecule has 1 atom stereocenters. The minimum absolute atomic E-state index is 0.00488. The van der Waals surface area contributed by atoms with Crippen LogP contribution in [0.5, 0.6) is 0 Å². The van der Waals surface area contributed by atoms with Crippen molar-refractivity contribution in [1.29, 1.82) is 0 Å². The van der Waals surface area contributed by atoms with Crippen LogP contribution in [-0.2, 0) is 26.0 Å². The molecule has 23 heavy (non-hydrogen) atoms. The van der Waals surface area contributed by atoms with E-state index in [1.165, 1.54) is 4.90 Å². The van der Waals surface area contributed by atoms with Gasteiger partial charge in [0.25, 0.3) is 0 Å². The van der Waals surface area contributed by atoms with E-state index in [1.54, 1.807) is 0 Å². The second-order valence-electron chi connectivity index (χ2n) is 5.38. The van der Waals surface area contributed by atoms with E-state index in [9.17, 15) is 18.0 Å². The molecule has 1 amide bonds. The number of ketones is 1. The van der Waals surface area contributed by atoms with Gasteiger partial charge in [0, 0.05) is 13.0 Å². The summed E-state index contributed by atoms with van der Waals surface area (Å²) in [6.45, 7) is 0.165. The summed E-state index contributed by atoms with van der Waals surface area (Å²) < 4.78 is 28.8. The van der Waals surface area contributed by atoms with Gasteiger partial charge in [0.05, 0.1) is 22.9 Å². The van der Waals surface area contributed by atoms with E-state index in [2.05, 4.69) is 15.9 Å². The van der Waals surface area contributed by atoms with Gasteiger partial charge in [-0.25, -0.2) is 13.2 Å². The van der Waals surface area contributed by atoms with E-state index in [-0.39, 0.29) is 42.2 Å². The fraction of sp³-hybridized carbons (Fsp3) is 0.467. The molecular formula is C15H18BrNO5S. The van der Waals surface area contributed by atoms with E-state index in [1.807, 2.05) is 30.3 Å². The topological polar surface area (TPSA) is 80.8 Å². The number of rotatable bonds is 5. The highest BCUT2D eigenvalue weighted by molar-refractivity contribution is 9.09. The number of hydrogen-bond donors (Lipinski definition) is 0. The van der Waals surface area contributed by atoms with Gasteiger partial charge >= 0.3 is 6.09 Å². The standard InChI is InChI=1S/C15H18BrNO5S/c16-9-14(18)8-13-11-23(20,21)7-6-17(13)15(19)22-10-12-4-2-1-3-5-12/h1-5,13H,6-11H2. The molecule has 1 heterocycles. The lowest BCUT2D eigenvalue weighted by Crippen LogP contribution is -2.52. The quantitative estimate of drug-likeness (QED) is 0.699. The van der Waals surface area contributed by atoms with Crippen LogP contribution in [0.2, 0.25) is 0 Å². The number of sulfone groups is 1. The summed E-state index contributed by atoms with van der Waals surface area (Å²) in [6.07, 6.45) is -0.582. The SMILES string of the molecule is O=C(CBr)CC1CS(=O)(=O)CCN1C(=O)OCc1ccccc1. The first-order valence-electron chi connectivity index (χ1n) is 7.16. The first kappa shape index (κ1) is 17.9. The Bertz CT molecular complexity index is 662. The molecule has 1 aliphatic heterocycles. The number of carbonyl (C=O) groups is 2. The zero-order valence-electron chi connectivity index (χ0n) is 12.5. The van der Waals surface area contributed by atoms with Gasteiger partial charge in [-0.1, -0.05) is 46.3 Å². The fourth-order valence-electron chi connectivity index (χ4n) is 2.42. The first-order chi connectivity index (χ1) is 10.9. The van der Waals surface area contributed by atoms with Crippen molar-refractivity contribution >= 4 is 37.6 Å². The van der Waals surface area contributed by atoms with Crippen LogP contribution in [-0.4, -0.2) is 54.6 Å². The van der Waals surface area contributed by atoms with Crippen molar-refractivity contribution < 1.29 is 22.7 Å². The first-order valence-corrected chi connectivity index (χ1v) is 10.1. The molecule has 1 aliphatic rings. The van der Waals surface area contributed by atoms with Gasteiger partial charge in [0.15, 0.2) is 9.84 Å². The van der Waals surface area contributed by atoms with Gasteiger partial charge in [-0.05, 0) is 5.56 Å². The molecule has 0 N–H and O–H groups in total. The smallest absolute Gasteiger partial charge is 0.410 e. The average Bonchev–Trinajstić information content (AvgIpc) is 2.53. The number of amides is 1. The second-order valence-corrected chi connectivity index (χ2v) is 8.17. The van der Waals surface area contributed by atoms with Crippen LogP contribution in [0.15, 0.2) is 30.3 Å². The molecule has 0 radical (unpaired) electrons. The summed E-state index contributed by atoms with van der Waals surface area (Å²) in [5.74, 6) is -0.452. The maximum atomic E-state index is 12.2. The second kappa shape index (κ2) is 7.92. The maximum Gasteiger partial charge on any atom is 0.410 e. The van der Waals surface area contributed by atoms with Gasteiger partial charge in [-0.15, -0.1) is 0 Å². The summed E-state index contributed by atoms with van der Waals surface area (Å²) in [5.41, 5.74) is 0.846. The summed E-state index contributed by atoms with van der Waals surface area (Å²) in [7, 11) is -3.24. The molecule has 2 rings (SSSR count). The lowest BCUT2D eigenvalue weighted by molar-refractivity contribution is -0.117. The van der Waals surface area contributed by atoms with Crippen LogP contribution < -0.4 is 0 Å². The van der Waals surface area contributed by atoms with Crippen molar-refractivity contribution in [3.63, 3.8) is 0 Å². The van der Waals surface area contributed by atoms with E-state index < -0.39 is 22.0 Å². The molecule has 1 fully saturated rings. The average molecular weight is 404 g/mol. The molecule has 1 aromatic carbocycles. The van der Waals surface area contributed by atoms with Crippen LogP contribution in [0, 0.1) is 0 Å². The van der Waals surface area contributed by atoms with E-state index in [0.29, 0.717) is 0 Å². The molecule has 0 saturated carbocycles. The Kier molecular flexibility index (Phi) is 6.17. The number of alkyl halides is 1. The number of hydrogen-bond acceptors (Lipinski definition) is 5. The highest BCUT2D eigenvalue weighted by atomic mass is 79.9. The molecule has 6 nitrogen and oxygen atoms in total. The number of Topliss-reactive ketones (excluding diaryl/α,β-unsaturated/α-hetero) is 1. The predicted molar refractivity (Wildman–Crippen MR) is 89.2 cm³/mol. The number of ether oxygens (including phenoxy) is 1. The summed E-state index contributed by atoms with van der Waals surface area (Å²) >= 11 is 3.05. The van der Waals surface area contributed by atoms with Crippen LogP contribution in [0.1, 0.15) is 12.0 Å². The van der Waals surface area contributed by atoms with E-state index in [4.69, 9.17) is 4.74 Å². The van der Waals surface area contributed by atoms with Crippen molar-refractivity contribution in [2.24, 2.45) is 0 Å². The van der Waals surface area contributed by atoms with Crippen molar-refractivity contribution in [2.75, 3.05) is 23.4 Å². The summed E-state index contributed by atoms with van der Waals surface area (Å²) in [6, 6.07) is 8.55. The minimum atomic E-state index is -3.24. The monoisotopic (exact) mass is 403 g/mol. The van der Waals surface area contributed by atoms with Crippen LogP contribution in [0.25, 0.3) is 0 Å². The number of nitrogens with zero attached hydrogens (tertiary/aromatic N) is 1. The van der Waals surface area contributed by atoms with Crippen molar-refractivity contribution in [3.8, 4) is 0 Å². The molecule has 0 aliphatic carbocycles. The van der Waals surface area contributed by atoms with Gasteiger partial charge in [-0.2, -0.15) is 0 Å². The molecule has 1 saturated heterocycles. The normalized spacial score (nSPS) is 20.0. The zero-order chi connectivity index (χ0) is 16.9. The van der Waals surface area contributed by atoms with Gasteiger partial charge in [0.1, 0.15) is 12.4 Å². The van der Waals surface area contributed by atoms with Gasteiger partial charge in [-0.3, -0.25) is 4.79 Å². The highest BCUT2D eigenvalue weighted by Crippen LogP contribution is 2.17. The van der Waals surface area contributed by atoms with E-state index in [0.717, 1.165) is 5.56 Å². The fourth-order valence-corrected chi connectivity index (χ4v) is 4.17. The van der Waals surface area contributed by atoms with E-state index >= 15 is 0 Å². The third-order valence-electron chi connectivity index (χ3n) is 3.58. The summed E-state index contributed by atoms with van der Waals surface area (Å²) in [5, 5.41) is 0.135. The maximum absolute atomic E-state index is 12.2. The van der Waals surface area contributed by atoms with Crippen LogP contribution in [0.4, 0.5) is 4.79 Å². The lowest BCUT2D eigenvalue weighted by atomic mass is 10.1. The Morgan fingerprint density at radius 3 is 2.61 bits per heavy atom. The van der Waals surface area contributed by atoms with Crippen molar-refractivity contribution in [2.45, 2.75) is 19.1 Å². The molecule has 126 valence electrons.